The number of para-hydroxylation sites is 1. The molecule has 0 heterocycles. The predicted molar refractivity (Wildman–Crippen MR) is 81.6 cm³/mol. The van der Waals surface area contributed by atoms with Gasteiger partial charge in [0.1, 0.15) is 5.82 Å². The van der Waals surface area contributed by atoms with Gasteiger partial charge in [0.15, 0.2) is 0 Å². The van der Waals surface area contributed by atoms with Gasteiger partial charge in [-0.25, -0.2) is 4.39 Å². The molecule has 0 aliphatic rings. The summed E-state index contributed by atoms with van der Waals surface area (Å²) >= 11 is 7.07. The fourth-order valence-corrected chi connectivity index (χ4v) is 2.47. The fourth-order valence-electron chi connectivity index (χ4n) is 1.54. The Kier molecular flexibility index (Phi) is 4.87. The van der Waals surface area contributed by atoms with E-state index < -0.39 is 5.82 Å². The van der Waals surface area contributed by atoms with E-state index in [0.29, 0.717) is 10.7 Å². The van der Waals surface area contributed by atoms with Crippen LogP contribution in [-0.2, 0) is 4.79 Å². The summed E-state index contributed by atoms with van der Waals surface area (Å²) in [5, 5.41) is 3.05. The van der Waals surface area contributed by atoms with E-state index in [1.807, 2.05) is 0 Å². The van der Waals surface area contributed by atoms with E-state index in [9.17, 15) is 9.18 Å². The third-order valence-corrected chi connectivity index (χ3v) is 3.80. The third kappa shape index (κ3) is 3.88. The number of carbonyl (C=O) groups is 1. The number of nitrogen functional groups attached to an aromatic ring is 1. The molecule has 2 rings (SSSR count). The predicted octanol–water partition coefficient (Wildman–Crippen LogP) is 3.79. The van der Waals surface area contributed by atoms with Crippen LogP contribution in [0.4, 0.5) is 15.8 Å². The smallest absolute Gasteiger partial charge is 0.234 e. The number of benzene rings is 2. The van der Waals surface area contributed by atoms with Crippen LogP contribution in [0.25, 0.3) is 0 Å². The lowest BCUT2D eigenvalue weighted by Crippen LogP contribution is -2.15. The average Bonchev–Trinajstić information content (AvgIpc) is 2.40. The quantitative estimate of drug-likeness (QED) is 0.667. The van der Waals surface area contributed by atoms with Crippen LogP contribution in [-0.4, -0.2) is 11.7 Å². The standard InChI is InChI=1S/C14H12ClFN2OS/c15-9-5-6-13(11(17)7-9)20-8-14(19)18-12-4-2-1-3-10(12)16/h1-7H,8,17H2,(H,18,19). The molecule has 2 aromatic carbocycles. The average molecular weight is 311 g/mol. The minimum absolute atomic E-state index is 0.139. The molecule has 0 saturated heterocycles. The highest BCUT2D eigenvalue weighted by Gasteiger charge is 2.08. The molecule has 2 aromatic rings. The summed E-state index contributed by atoms with van der Waals surface area (Å²) in [6.07, 6.45) is 0. The van der Waals surface area contributed by atoms with Crippen molar-refractivity contribution in [2.45, 2.75) is 4.90 Å². The molecule has 0 aromatic heterocycles. The molecule has 0 aliphatic heterocycles. The van der Waals surface area contributed by atoms with Crippen molar-refractivity contribution in [3.63, 3.8) is 0 Å². The molecule has 3 N–H and O–H groups in total. The Hall–Kier alpha value is -1.72. The van der Waals surface area contributed by atoms with Crippen LogP contribution >= 0.6 is 23.4 Å². The highest BCUT2D eigenvalue weighted by Crippen LogP contribution is 2.27. The van der Waals surface area contributed by atoms with Gasteiger partial charge in [0.2, 0.25) is 5.91 Å². The maximum Gasteiger partial charge on any atom is 0.234 e. The number of thioether (sulfide) groups is 1. The monoisotopic (exact) mass is 310 g/mol. The van der Waals surface area contributed by atoms with Gasteiger partial charge in [-0.05, 0) is 30.3 Å². The summed E-state index contributed by atoms with van der Waals surface area (Å²) < 4.78 is 13.4. The largest absolute Gasteiger partial charge is 0.398 e. The zero-order valence-electron chi connectivity index (χ0n) is 10.4. The number of hydrogen-bond donors (Lipinski definition) is 2. The number of rotatable bonds is 4. The van der Waals surface area contributed by atoms with Crippen molar-refractivity contribution in [2.24, 2.45) is 0 Å². The highest BCUT2D eigenvalue weighted by molar-refractivity contribution is 8.00. The Morgan fingerprint density at radius 1 is 1.30 bits per heavy atom. The van der Waals surface area contributed by atoms with Crippen molar-refractivity contribution < 1.29 is 9.18 Å². The van der Waals surface area contributed by atoms with Crippen molar-refractivity contribution >= 4 is 40.6 Å². The van der Waals surface area contributed by atoms with Gasteiger partial charge in [-0.1, -0.05) is 23.7 Å². The van der Waals surface area contributed by atoms with Crippen LogP contribution in [0.15, 0.2) is 47.4 Å². The summed E-state index contributed by atoms with van der Waals surface area (Å²) in [6.45, 7) is 0. The summed E-state index contributed by atoms with van der Waals surface area (Å²) in [5.41, 5.74) is 6.47. The fraction of sp³-hybridized carbons (Fsp3) is 0.0714. The van der Waals surface area contributed by atoms with E-state index in [0.717, 1.165) is 4.90 Å². The van der Waals surface area contributed by atoms with E-state index >= 15 is 0 Å². The van der Waals surface area contributed by atoms with E-state index in [1.165, 1.54) is 23.9 Å². The van der Waals surface area contributed by atoms with Crippen LogP contribution in [0.1, 0.15) is 0 Å². The van der Waals surface area contributed by atoms with Crippen LogP contribution in [0, 0.1) is 5.82 Å². The van der Waals surface area contributed by atoms with Crippen molar-refractivity contribution in [1.82, 2.24) is 0 Å². The van der Waals surface area contributed by atoms with E-state index in [1.54, 1.807) is 30.3 Å². The maximum absolute atomic E-state index is 13.4. The third-order valence-electron chi connectivity index (χ3n) is 2.48. The number of nitrogens with one attached hydrogen (secondary N) is 1. The molecular formula is C14H12ClFN2OS. The minimum atomic E-state index is -0.461. The molecule has 0 saturated carbocycles. The summed E-state index contributed by atoms with van der Waals surface area (Å²) in [6, 6.07) is 11.1. The molecule has 0 spiro atoms. The van der Waals surface area contributed by atoms with E-state index in [-0.39, 0.29) is 17.3 Å². The number of hydrogen-bond acceptors (Lipinski definition) is 3. The van der Waals surface area contributed by atoms with Gasteiger partial charge in [-0.15, -0.1) is 11.8 Å². The maximum atomic E-state index is 13.4. The zero-order chi connectivity index (χ0) is 14.5. The van der Waals surface area contributed by atoms with E-state index in [2.05, 4.69) is 5.32 Å². The first-order valence-corrected chi connectivity index (χ1v) is 7.15. The molecule has 1 amide bonds. The van der Waals surface area contributed by atoms with Crippen LogP contribution in [0.3, 0.4) is 0 Å². The highest BCUT2D eigenvalue weighted by atomic mass is 35.5. The molecule has 0 fully saturated rings. The van der Waals surface area contributed by atoms with Gasteiger partial charge in [-0.3, -0.25) is 4.79 Å². The molecule has 6 heteroatoms. The number of anilines is 2. The van der Waals surface area contributed by atoms with Gasteiger partial charge in [0.25, 0.3) is 0 Å². The van der Waals surface area contributed by atoms with Gasteiger partial charge < -0.3 is 11.1 Å². The number of halogens is 2. The number of carbonyl (C=O) groups excluding carboxylic acids is 1. The molecular weight excluding hydrogens is 299 g/mol. The Bertz CT molecular complexity index is 636. The lowest BCUT2D eigenvalue weighted by molar-refractivity contribution is -0.113. The van der Waals surface area contributed by atoms with Crippen LogP contribution < -0.4 is 11.1 Å². The van der Waals surface area contributed by atoms with Crippen molar-refractivity contribution in [3.8, 4) is 0 Å². The van der Waals surface area contributed by atoms with Gasteiger partial charge in [0, 0.05) is 15.6 Å². The first kappa shape index (κ1) is 14.7. The number of nitrogens with two attached hydrogens (primary N) is 1. The van der Waals surface area contributed by atoms with Crippen LogP contribution in [0.5, 0.6) is 0 Å². The molecule has 0 bridgehead atoms. The SMILES string of the molecule is Nc1cc(Cl)ccc1SCC(=O)Nc1ccccc1F. The first-order valence-electron chi connectivity index (χ1n) is 5.78. The molecule has 0 atom stereocenters. The molecule has 104 valence electrons. The lowest BCUT2D eigenvalue weighted by Gasteiger charge is -2.07. The van der Waals surface area contributed by atoms with Crippen molar-refractivity contribution in [1.29, 1.82) is 0 Å². The number of amides is 1. The molecule has 0 aliphatic carbocycles. The summed E-state index contributed by atoms with van der Waals surface area (Å²) in [4.78, 5) is 12.5. The zero-order valence-corrected chi connectivity index (χ0v) is 12.0. The Balaban J connectivity index is 1.94. The van der Waals surface area contributed by atoms with Gasteiger partial charge in [-0.2, -0.15) is 0 Å². The Morgan fingerprint density at radius 3 is 2.75 bits per heavy atom. The second kappa shape index (κ2) is 6.63. The molecule has 0 unspecified atom stereocenters. The normalized spacial score (nSPS) is 10.3. The first-order chi connectivity index (χ1) is 9.56. The molecule has 3 nitrogen and oxygen atoms in total. The molecule has 0 radical (unpaired) electrons. The van der Waals surface area contributed by atoms with Crippen LogP contribution in [0.2, 0.25) is 5.02 Å². The van der Waals surface area contributed by atoms with Gasteiger partial charge in [0.05, 0.1) is 11.4 Å². The summed E-state index contributed by atoms with van der Waals surface area (Å²) in [5.74, 6) is -0.619. The summed E-state index contributed by atoms with van der Waals surface area (Å²) in [7, 11) is 0. The Labute approximate surface area is 125 Å². The van der Waals surface area contributed by atoms with E-state index in [4.69, 9.17) is 17.3 Å². The topological polar surface area (TPSA) is 55.1 Å². The Morgan fingerprint density at radius 2 is 2.05 bits per heavy atom. The second-order valence-corrected chi connectivity index (χ2v) is 5.45. The van der Waals surface area contributed by atoms with Crippen molar-refractivity contribution in [2.75, 3.05) is 16.8 Å². The second-order valence-electron chi connectivity index (χ2n) is 4.00. The molecule has 20 heavy (non-hydrogen) atoms. The van der Waals surface area contributed by atoms with Crippen molar-refractivity contribution in [3.05, 3.63) is 53.3 Å². The van der Waals surface area contributed by atoms with Gasteiger partial charge >= 0.3 is 0 Å². The lowest BCUT2D eigenvalue weighted by atomic mass is 10.3. The minimum Gasteiger partial charge on any atom is -0.398 e.